The highest BCUT2D eigenvalue weighted by Gasteiger charge is 2.23. The van der Waals surface area contributed by atoms with Crippen LogP contribution in [0.3, 0.4) is 0 Å². The lowest BCUT2D eigenvalue weighted by atomic mass is 9.89. The van der Waals surface area contributed by atoms with E-state index in [2.05, 4.69) is 15.0 Å². The van der Waals surface area contributed by atoms with Crippen molar-refractivity contribution in [2.45, 2.75) is 43.9 Å². The van der Waals surface area contributed by atoms with Crippen molar-refractivity contribution in [3.8, 4) is 21.9 Å². The van der Waals surface area contributed by atoms with Crippen LogP contribution in [0.15, 0.2) is 47.4 Å². The Morgan fingerprint density at radius 3 is 2.58 bits per heavy atom. The number of benzene rings is 2. The number of carbonyl (C=O) groups is 1. The van der Waals surface area contributed by atoms with Crippen molar-refractivity contribution in [1.82, 2.24) is 4.98 Å². The van der Waals surface area contributed by atoms with Gasteiger partial charge in [0.05, 0.1) is 17.7 Å². The van der Waals surface area contributed by atoms with Crippen LogP contribution in [0.5, 0.6) is 11.5 Å². The number of nitrogens with one attached hydrogen (secondary N) is 2. The van der Waals surface area contributed by atoms with Gasteiger partial charge in [-0.15, -0.1) is 0 Å². The number of methoxy groups -OCH3 is 1. The van der Waals surface area contributed by atoms with Crippen molar-refractivity contribution in [2.75, 3.05) is 17.1 Å². The third-order valence-corrected chi connectivity index (χ3v) is 7.97. The third kappa shape index (κ3) is 5.54. The fourth-order valence-corrected chi connectivity index (χ4v) is 5.94. The van der Waals surface area contributed by atoms with Crippen LogP contribution in [0.1, 0.15) is 37.8 Å². The average Bonchev–Trinajstić information content (AvgIpc) is 3.20. The number of anilines is 2. The van der Waals surface area contributed by atoms with Gasteiger partial charge in [-0.25, -0.2) is 9.19 Å². The lowest BCUT2D eigenvalue weighted by Gasteiger charge is -2.19. The van der Waals surface area contributed by atoms with Crippen LogP contribution in [-0.4, -0.2) is 27.3 Å². The fourth-order valence-electron chi connectivity index (χ4n) is 3.94. The smallest absolute Gasteiger partial charge is 0.229 e. The Morgan fingerprint density at radius 1 is 1.15 bits per heavy atom. The number of hydrogen-bond donors (Lipinski definition) is 3. The van der Waals surface area contributed by atoms with Gasteiger partial charge < -0.3 is 19.9 Å². The Kier molecular flexibility index (Phi) is 7.29. The van der Waals surface area contributed by atoms with Gasteiger partial charge in [-0.3, -0.25) is 4.79 Å². The monoisotopic (exact) mass is 485 g/mol. The molecule has 3 aromatic rings. The molecule has 0 saturated heterocycles. The first kappa shape index (κ1) is 23.3. The van der Waals surface area contributed by atoms with Crippen LogP contribution in [0, 0.1) is 12.8 Å². The van der Waals surface area contributed by atoms with Crippen LogP contribution in [-0.2, 0) is 15.8 Å². The van der Waals surface area contributed by atoms with E-state index in [0.29, 0.717) is 21.5 Å². The second-order valence-corrected chi connectivity index (χ2v) is 10.2. The lowest BCUT2D eigenvalue weighted by molar-refractivity contribution is -0.120. The molecule has 0 aliphatic heterocycles. The normalized spacial score (nSPS) is 15.1. The number of thiazole rings is 1. The molecule has 1 aliphatic carbocycles. The van der Waals surface area contributed by atoms with Gasteiger partial charge in [-0.05, 0) is 67.8 Å². The van der Waals surface area contributed by atoms with E-state index in [1.807, 2.05) is 19.1 Å². The number of aryl methyl sites for hydroxylation is 1. The van der Waals surface area contributed by atoms with Gasteiger partial charge in [-0.2, -0.15) is 0 Å². The minimum Gasteiger partial charge on any atom is -0.508 e. The Balaban J connectivity index is 1.56. The number of carbonyl (C=O) groups excluding carboxylic acids is 1. The molecule has 1 unspecified atom stereocenters. The molecule has 1 aliphatic rings. The molecule has 1 saturated carbocycles. The largest absolute Gasteiger partial charge is 0.508 e. The molecule has 1 atom stereocenters. The molecule has 174 valence electrons. The number of phenolic OH excluding ortho intramolecular Hbond substituents is 1. The average molecular weight is 486 g/mol. The van der Waals surface area contributed by atoms with Crippen LogP contribution < -0.4 is 14.8 Å². The van der Waals surface area contributed by atoms with Gasteiger partial charge in [0.15, 0.2) is 16.1 Å². The van der Waals surface area contributed by atoms with Crippen LogP contribution in [0.25, 0.3) is 10.4 Å². The third-order valence-electron chi connectivity index (χ3n) is 5.71. The molecule has 33 heavy (non-hydrogen) atoms. The summed E-state index contributed by atoms with van der Waals surface area (Å²) in [5.74, 6) is 0.742. The molecule has 2 aromatic carbocycles. The van der Waals surface area contributed by atoms with Crippen molar-refractivity contribution in [1.29, 1.82) is 0 Å². The molecule has 4 rings (SSSR count). The van der Waals surface area contributed by atoms with Crippen molar-refractivity contribution in [3.05, 3.63) is 48.2 Å². The number of aromatic nitrogens is 1. The zero-order valence-corrected chi connectivity index (χ0v) is 20.2. The lowest BCUT2D eigenvalue weighted by Crippen LogP contribution is -2.24. The summed E-state index contributed by atoms with van der Waals surface area (Å²) in [7, 11) is -0.0562. The number of amides is 1. The van der Waals surface area contributed by atoms with Gasteiger partial charge >= 0.3 is 0 Å². The number of hydrogen-bond acceptors (Lipinski definition) is 6. The molecule has 0 radical (unpaired) electrons. The van der Waals surface area contributed by atoms with E-state index in [0.717, 1.165) is 41.8 Å². The Labute approximate surface area is 199 Å². The summed E-state index contributed by atoms with van der Waals surface area (Å²) in [5.41, 5.74) is 2.26. The van der Waals surface area contributed by atoms with Crippen molar-refractivity contribution < 1.29 is 18.8 Å². The standard InChI is InChI=1S/C24H27N3O4S2/c1-15-22(32-24(25-15)26-23(29)16-6-4-3-5-7-16)17-8-13-20(31-2)21(14-17)33(30)27-18-9-11-19(28)12-10-18/h8-14,16,27-28H,3-7H2,1-2H3,(H,25,26,29). The van der Waals surface area contributed by atoms with E-state index >= 15 is 0 Å². The van der Waals surface area contributed by atoms with Crippen molar-refractivity contribution in [3.63, 3.8) is 0 Å². The number of nitrogens with zero attached hydrogens (tertiary/aromatic N) is 1. The quantitative estimate of drug-likeness (QED) is 0.385. The molecule has 1 heterocycles. The zero-order chi connectivity index (χ0) is 23.4. The predicted molar refractivity (Wildman–Crippen MR) is 132 cm³/mol. The maximum Gasteiger partial charge on any atom is 0.229 e. The zero-order valence-electron chi connectivity index (χ0n) is 18.6. The number of phenols is 1. The summed E-state index contributed by atoms with van der Waals surface area (Å²) >= 11 is 1.41. The molecule has 0 spiro atoms. The summed E-state index contributed by atoms with van der Waals surface area (Å²) in [6.07, 6.45) is 5.27. The second-order valence-electron chi connectivity index (χ2n) is 8.04. The molecule has 3 N–H and O–H groups in total. The van der Waals surface area contributed by atoms with E-state index in [-0.39, 0.29) is 17.6 Å². The molecular weight excluding hydrogens is 458 g/mol. The first-order chi connectivity index (χ1) is 15.9. The van der Waals surface area contributed by atoms with Gasteiger partial charge in [0.1, 0.15) is 16.4 Å². The summed E-state index contributed by atoms with van der Waals surface area (Å²) in [6.45, 7) is 1.90. The van der Waals surface area contributed by atoms with E-state index < -0.39 is 11.0 Å². The maximum atomic E-state index is 13.1. The summed E-state index contributed by atoms with van der Waals surface area (Å²) in [6, 6.07) is 11.8. The summed E-state index contributed by atoms with van der Waals surface area (Å²) < 4.78 is 21.4. The van der Waals surface area contributed by atoms with Crippen LogP contribution in [0.2, 0.25) is 0 Å². The summed E-state index contributed by atoms with van der Waals surface area (Å²) in [4.78, 5) is 18.6. The van der Waals surface area contributed by atoms with E-state index in [1.165, 1.54) is 37.0 Å². The first-order valence-electron chi connectivity index (χ1n) is 10.9. The highest BCUT2D eigenvalue weighted by Crippen LogP contribution is 2.37. The molecule has 1 aromatic heterocycles. The topological polar surface area (TPSA) is 101 Å². The number of ether oxygens (including phenoxy) is 1. The van der Waals surface area contributed by atoms with Crippen LogP contribution in [0.4, 0.5) is 10.8 Å². The molecule has 1 fully saturated rings. The highest BCUT2D eigenvalue weighted by molar-refractivity contribution is 7.86. The van der Waals surface area contributed by atoms with Gasteiger partial charge in [-0.1, -0.05) is 30.6 Å². The molecule has 9 heteroatoms. The fraction of sp³-hybridized carbons (Fsp3) is 0.333. The number of aromatic hydroxyl groups is 1. The van der Waals surface area contributed by atoms with Crippen molar-refractivity contribution in [2.24, 2.45) is 5.92 Å². The Hall–Kier alpha value is -2.91. The Bertz CT molecular complexity index is 1160. The summed E-state index contributed by atoms with van der Waals surface area (Å²) in [5, 5.41) is 13.0. The molecule has 7 nitrogen and oxygen atoms in total. The number of rotatable bonds is 7. The van der Waals surface area contributed by atoms with E-state index in [4.69, 9.17) is 4.74 Å². The van der Waals surface area contributed by atoms with E-state index in [9.17, 15) is 14.1 Å². The minimum atomic E-state index is -1.59. The second kappa shape index (κ2) is 10.4. The van der Waals surface area contributed by atoms with Crippen molar-refractivity contribution >= 4 is 39.0 Å². The van der Waals surface area contributed by atoms with Gasteiger partial charge in [0, 0.05) is 11.6 Å². The maximum absolute atomic E-state index is 13.1. The molecule has 0 bridgehead atoms. The molecular formula is C24H27N3O4S2. The SMILES string of the molecule is COc1ccc(-c2sc(NC(=O)C3CCCCC3)nc2C)cc1S(=O)Nc1ccc(O)cc1. The van der Waals surface area contributed by atoms with Gasteiger partial charge in [0.25, 0.3) is 0 Å². The van der Waals surface area contributed by atoms with Crippen LogP contribution >= 0.6 is 11.3 Å². The minimum absolute atomic E-state index is 0.0459. The van der Waals surface area contributed by atoms with E-state index in [1.54, 1.807) is 18.2 Å². The predicted octanol–water partition coefficient (Wildman–Crippen LogP) is 5.49. The van der Waals surface area contributed by atoms with Gasteiger partial charge in [0.2, 0.25) is 5.91 Å². The highest BCUT2D eigenvalue weighted by atomic mass is 32.2. The Morgan fingerprint density at radius 2 is 1.88 bits per heavy atom. The molecule has 1 amide bonds. The first-order valence-corrected chi connectivity index (χ1v) is 12.9.